The summed E-state index contributed by atoms with van der Waals surface area (Å²) in [6.07, 6.45) is 10.5. The van der Waals surface area contributed by atoms with Gasteiger partial charge in [0.2, 0.25) is 0 Å². The minimum absolute atomic E-state index is 0.500. The maximum atomic E-state index is 11.4. The van der Waals surface area contributed by atoms with Crippen molar-refractivity contribution in [3.8, 4) is 5.75 Å². The highest BCUT2D eigenvalue weighted by atomic mass is 32.2. The van der Waals surface area contributed by atoms with Crippen LogP contribution in [0.2, 0.25) is 0 Å². The van der Waals surface area contributed by atoms with Gasteiger partial charge in [-0.05, 0) is 42.6 Å². The van der Waals surface area contributed by atoms with Crippen molar-refractivity contribution < 1.29 is 9.53 Å². The van der Waals surface area contributed by atoms with Crippen molar-refractivity contribution >= 4 is 29.1 Å². The lowest BCUT2D eigenvalue weighted by Gasteiger charge is -2.08. The second-order valence-corrected chi connectivity index (χ2v) is 7.02. The molecule has 0 radical (unpaired) electrons. The van der Waals surface area contributed by atoms with Crippen LogP contribution >= 0.6 is 11.9 Å². The molecule has 0 saturated carbocycles. The Bertz CT molecular complexity index is 1000. The molecule has 136 valence electrons. The van der Waals surface area contributed by atoms with Crippen LogP contribution in [-0.2, 0) is 6.61 Å². The number of benzene rings is 2. The van der Waals surface area contributed by atoms with Crippen LogP contribution in [0.15, 0.2) is 90.5 Å². The molecule has 0 fully saturated rings. The largest absolute Gasteiger partial charge is 0.489 e. The first-order valence-corrected chi connectivity index (χ1v) is 9.42. The molecular formula is C23H21NO2S. The Balaban J connectivity index is 1.84. The molecule has 3 aromatic rings. The minimum Gasteiger partial charge on any atom is -0.489 e. The predicted molar refractivity (Wildman–Crippen MR) is 114 cm³/mol. The molecule has 0 bridgehead atoms. The Morgan fingerprint density at radius 1 is 1.19 bits per heavy atom. The van der Waals surface area contributed by atoms with Crippen LogP contribution in [0.25, 0.3) is 10.9 Å². The van der Waals surface area contributed by atoms with Crippen molar-refractivity contribution in [3.63, 3.8) is 0 Å². The number of aromatic nitrogens is 1. The summed E-state index contributed by atoms with van der Waals surface area (Å²) in [6, 6.07) is 15.8. The summed E-state index contributed by atoms with van der Waals surface area (Å²) in [6.45, 7) is 6.53. The molecule has 1 heterocycles. The summed E-state index contributed by atoms with van der Waals surface area (Å²) in [5.74, 6) is 0.763. The van der Waals surface area contributed by atoms with Crippen molar-refractivity contribution in [2.24, 2.45) is 0 Å². The third kappa shape index (κ3) is 4.80. The van der Waals surface area contributed by atoms with E-state index < -0.39 is 0 Å². The Morgan fingerprint density at radius 2 is 2.00 bits per heavy atom. The Labute approximate surface area is 163 Å². The zero-order valence-corrected chi connectivity index (χ0v) is 16.0. The zero-order chi connectivity index (χ0) is 19.1. The second kappa shape index (κ2) is 9.10. The molecule has 27 heavy (non-hydrogen) atoms. The van der Waals surface area contributed by atoms with Gasteiger partial charge in [-0.2, -0.15) is 0 Å². The first kappa shape index (κ1) is 18.8. The van der Waals surface area contributed by atoms with Crippen molar-refractivity contribution in [3.05, 3.63) is 102 Å². The summed E-state index contributed by atoms with van der Waals surface area (Å²) >= 11 is 1.47. The summed E-state index contributed by atoms with van der Waals surface area (Å²) in [7, 11) is 0. The van der Waals surface area contributed by atoms with E-state index in [1.54, 1.807) is 0 Å². The van der Waals surface area contributed by atoms with Crippen LogP contribution in [0.1, 0.15) is 22.8 Å². The van der Waals surface area contributed by atoms with E-state index in [2.05, 4.69) is 6.58 Å². The van der Waals surface area contributed by atoms with Gasteiger partial charge in [0, 0.05) is 28.1 Å². The lowest BCUT2D eigenvalue weighted by molar-refractivity contribution is 0.112. The van der Waals surface area contributed by atoms with Crippen LogP contribution in [0.5, 0.6) is 5.75 Å². The molecule has 1 aromatic heterocycles. The Hall–Kier alpha value is -2.98. The fourth-order valence-electron chi connectivity index (χ4n) is 2.63. The fraction of sp³-hybridized carbons (Fsp3) is 0.0870. The molecule has 0 aliphatic rings. The maximum Gasteiger partial charge on any atom is 0.152 e. The summed E-state index contributed by atoms with van der Waals surface area (Å²) in [5.41, 5.74) is 2.68. The van der Waals surface area contributed by atoms with Gasteiger partial charge in [-0.25, -0.2) is 0 Å². The fourth-order valence-corrected chi connectivity index (χ4v) is 3.44. The number of nitrogens with zero attached hydrogens (tertiary/aromatic N) is 1. The highest BCUT2D eigenvalue weighted by molar-refractivity contribution is 8.02. The van der Waals surface area contributed by atoms with Crippen molar-refractivity contribution in [2.45, 2.75) is 13.5 Å². The van der Waals surface area contributed by atoms with E-state index in [1.165, 1.54) is 11.9 Å². The normalized spacial score (nSPS) is 11.4. The smallest absolute Gasteiger partial charge is 0.152 e. The van der Waals surface area contributed by atoms with Crippen molar-refractivity contribution in [1.82, 2.24) is 3.97 Å². The van der Waals surface area contributed by atoms with E-state index >= 15 is 0 Å². The quantitative estimate of drug-likeness (QED) is 0.348. The number of hydrogen-bond donors (Lipinski definition) is 0. The topological polar surface area (TPSA) is 31.2 Å². The van der Waals surface area contributed by atoms with Crippen LogP contribution in [0.3, 0.4) is 0 Å². The molecule has 0 N–H and O–H groups in total. The van der Waals surface area contributed by atoms with Gasteiger partial charge in [0.25, 0.3) is 0 Å². The maximum absolute atomic E-state index is 11.4. The van der Waals surface area contributed by atoms with E-state index in [1.807, 2.05) is 89.9 Å². The first-order valence-electron chi connectivity index (χ1n) is 8.65. The van der Waals surface area contributed by atoms with E-state index in [4.69, 9.17) is 4.74 Å². The van der Waals surface area contributed by atoms with E-state index in [-0.39, 0.29) is 0 Å². The number of rotatable bonds is 8. The number of fused-ring (bicyclic) bond motifs is 1. The highest BCUT2D eigenvalue weighted by Crippen LogP contribution is 2.31. The van der Waals surface area contributed by atoms with Crippen LogP contribution < -0.4 is 4.74 Å². The average molecular weight is 375 g/mol. The van der Waals surface area contributed by atoms with Gasteiger partial charge in [-0.3, -0.25) is 8.77 Å². The first-order chi connectivity index (χ1) is 13.2. The Kier molecular flexibility index (Phi) is 6.34. The number of carbonyl (C=O) groups is 1. The van der Waals surface area contributed by atoms with Gasteiger partial charge in [0.05, 0.1) is 5.52 Å². The molecule has 0 atom stereocenters. The third-order valence-corrected chi connectivity index (χ3v) is 4.82. The highest BCUT2D eigenvalue weighted by Gasteiger charge is 2.10. The molecule has 3 rings (SSSR count). The SMILES string of the molecule is C=C(/C=C\C=C/C)Sn1cc(C=O)c2ccc(OCc3ccccc3)cc21. The van der Waals surface area contributed by atoms with Gasteiger partial charge < -0.3 is 4.74 Å². The molecule has 0 aliphatic heterocycles. The number of allylic oxidation sites excluding steroid dienone is 4. The average Bonchev–Trinajstić information content (AvgIpc) is 3.04. The molecule has 2 aromatic carbocycles. The molecule has 0 spiro atoms. The second-order valence-electron chi connectivity index (χ2n) is 5.92. The van der Waals surface area contributed by atoms with Crippen LogP contribution in [0, 0.1) is 0 Å². The standard InChI is InChI=1S/C23H21NO2S/c1-3-4-6-9-18(2)27-24-15-20(16-25)22-13-12-21(14-23(22)24)26-17-19-10-7-5-8-11-19/h3-16H,2,17H2,1H3/b4-3-,9-6-. The molecular weight excluding hydrogens is 354 g/mol. The molecule has 3 nitrogen and oxygen atoms in total. The summed E-state index contributed by atoms with van der Waals surface area (Å²) in [5, 5.41) is 0.898. The zero-order valence-electron chi connectivity index (χ0n) is 15.2. The van der Waals surface area contributed by atoms with Crippen molar-refractivity contribution in [2.75, 3.05) is 0 Å². The lowest BCUT2D eigenvalue weighted by Crippen LogP contribution is -1.95. The number of aldehydes is 1. The van der Waals surface area contributed by atoms with E-state index in [0.717, 1.165) is 33.4 Å². The third-order valence-electron chi connectivity index (χ3n) is 3.95. The van der Waals surface area contributed by atoms with Gasteiger partial charge >= 0.3 is 0 Å². The molecule has 0 aliphatic carbocycles. The molecule has 4 heteroatoms. The number of ether oxygens (including phenoxy) is 1. The molecule has 0 saturated heterocycles. The van der Waals surface area contributed by atoms with E-state index in [0.29, 0.717) is 12.2 Å². The lowest BCUT2D eigenvalue weighted by atomic mass is 10.2. The summed E-state index contributed by atoms with van der Waals surface area (Å²) < 4.78 is 7.88. The van der Waals surface area contributed by atoms with Crippen LogP contribution in [-0.4, -0.2) is 10.3 Å². The van der Waals surface area contributed by atoms with Gasteiger partial charge in [-0.15, -0.1) is 0 Å². The van der Waals surface area contributed by atoms with Gasteiger partial charge in [-0.1, -0.05) is 55.1 Å². The minimum atomic E-state index is 0.500. The van der Waals surface area contributed by atoms with Gasteiger partial charge in [0.15, 0.2) is 6.29 Å². The predicted octanol–water partition coefficient (Wildman–Crippen LogP) is 6.18. The molecule has 0 unspecified atom stereocenters. The van der Waals surface area contributed by atoms with Crippen molar-refractivity contribution in [1.29, 1.82) is 0 Å². The number of hydrogen-bond acceptors (Lipinski definition) is 3. The van der Waals surface area contributed by atoms with Crippen LogP contribution in [0.4, 0.5) is 0 Å². The Morgan fingerprint density at radius 3 is 2.74 bits per heavy atom. The number of carbonyl (C=O) groups excluding carboxylic acids is 1. The monoisotopic (exact) mass is 375 g/mol. The van der Waals surface area contributed by atoms with E-state index in [9.17, 15) is 4.79 Å². The summed E-state index contributed by atoms with van der Waals surface area (Å²) in [4.78, 5) is 12.3. The van der Waals surface area contributed by atoms with Gasteiger partial charge in [0.1, 0.15) is 12.4 Å². The molecule has 0 amide bonds.